The number of fused-ring (bicyclic) bond motifs is 16. The van der Waals surface area contributed by atoms with Crippen molar-refractivity contribution in [1.29, 1.82) is 0 Å². The quantitative estimate of drug-likeness (QED) is 0.152. The average molecular weight is 1240 g/mol. The van der Waals surface area contributed by atoms with E-state index in [0.717, 1.165) is 77.3 Å². The molecule has 0 atom stereocenters. The van der Waals surface area contributed by atoms with Gasteiger partial charge in [-0.3, -0.25) is 0 Å². The van der Waals surface area contributed by atoms with Gasteiger partial charge in [-0.05, 0) is 146 Å². The van der Waals surface area contributed by atoms with Crippen molar-refractivity contribution in [2.75, 3.05) is 0 Å². The monoisotopic (exact) mass is 1230 g/mol. The lowest BCUT2D eigenvalue weighted by molar-refractivity contribution is 0.672. The van der Waals surface area contributed by atoms with Gasteiger partial charge in [-0.1, -0.05) is 249 Å². The van der Waals surface area contributed by atoms with Crippen LogP contribution in [-0.4, -0.2) is 9.13 Å². The molecule has 94 heavy (non-hydrogen) atoms. The molecule has 0 aliphatic carbocycles. The number of para-hydroxylation sites is 4. The van der Waals surface area contributed by atoms with E-state index in [1.807, 2.05) is 22.7 Å². The molecule has 20 aromatic rings. The van der Waals surface area contributed by atoms with Crippen LogP contribution in [0.5, 0.6) is 0 Å². The van der Waals surface area contributed by atoms with Crippen LogP contribution in [0.1, 0.15) is 0 Å². The van der Waals surface area contributed by atoms with E-state index in [0.29, 0.717) is 0 Å². The van der Waals surface area contributed by atoms with Gasteiger partial charge in [0.05, 0.1) is 21.8 Å². The van der Waals surface area contributed by atoms with Gasteiger partial charge in [-0.15, -0.1) is 22.7 Å². The Morgan fingerprint density at radius 3 is 1.14 bits per heavy atom. The molecule has 0 spiro atoms. The Morgan fingerprint density at radius 1 is 0.234 bits per heavy atom. The van der Waals surface area contributed by atoms with Crippen LogP contribution in [0.15, 0.2) is 336 Å². The summed E-state index contributed by atoms with van der Waals surface area (Å²) in [6, 6.07) is 118. The van der Waals surface area contributed by atoms with Crippen LogP contribution < -0.4 is 0 Å². The molecule has 4 nitrogen and oxygen atoms in total. The van der Waals surface area contributed by atoms with Gasteiger partial charge in [0.15, 0.2) is 11.2 Å². The normalized spacial score (nSPS) is 11.8. The van der Waals surface area contributed by atoms with E-state index in [2.05, 4.69) is 337 Å². The Balaban J connectivity index is 0.000000133. The first-order valence-corrected chi connectivity index (χ1v) is 33.5. The van der Waals surface area contributed by atoms with E-state index in [1.54, 1.807) is 0 Å². The Kier molecular flexibility index (Phi) is 12.6. The maximum absolute atomic E-state index is 6.63. The highest BCUT2D eigenvalue weighted by Gasteiger charge is 2.25. The highest BCUT2D eigenvalue weighted by Crippen LogP contribution is 2.48. The molecular formula is C88H54N2O2S2. The summed E-state index contributed by atoms with van der Waals surface area (Å²) in [5, 5.41) is 9.77. The smallest absolute Gasteiger partial charge is 0.161 e. The van der Waals surface area contributed by atoms with Gasteiger partial charge in [0, 0.05) is 62.5 Å². The minimum absolute atomic E-state index is 0.899. The van der Waals surface area contributed by atoms with Crippen molar-refractivity contribution in [3.05, 3.63) is 328 Å². The van der Waals surface area contributed by atoms with E-state index in [-0.39, 0.29) is 0 Å². The molecule has 440 valence electrons. The van der Waals surface area contributed by atoms with Gasteiger partial charge in [0.2, 0.25) is 0 Å². The van der Waals surface area contributed by atoms with Gasteiger partial charge in [-0.25, -0.2) is 0 Å². The second kappa shape index (κ2) is 22.0. The summed E-state index contributed by atoms with van der Waals surface area (Å²) in [5.74, 6) is 0. The van der Waals surface area contributed by atoms with Gasteiger partial charge < -0.3 is 18.0 Å². The van der Waals surface area contributed by atoms with Crippen molar-refractivity contribution in [2.45, 2.75) is 0 Å². The summed E-state index contributed by atoms with van der Waals surface area (Å²) in [6.07, 6.45) is 0. The lowest BCUT2D eigenvalue weighted by Gasteiger charge is -2.10. The molecule has 0 bridgehead atoms. The lowest BCUT2D eigenvalue weighted by Crippen LogP contribution is -1.93. The van der Waals surface area contributed by atoms with Crippen LogP contribution in [0.25, 0.3) is 184 Å². The first-order chi connectivity index (χ1) is 46.6. The van der Waals surface area contributed by atoms with Crippen LogP contribution in [0, 0.1) is 0 Å². The number of hydrogen-bond acceptors (Lipinski definition) is 4. The third kappa shape index (κ3) is 8.65. The number of furan rings is 2. The zero-order chi connectivity index (χ0) is 61.8. The minimum atomic E-state index is 0.899. The van der Waals surface area contributed by atoms with E-state index in [4.69, 9.17) is 8.83 Å². The van der Waals surface area contributed by atoms with Crippen molar-refractivity contribution >= 4 is 129 Å². The predicted octanol–water partition coefficient (Wildman–Crippen LogP) is 25.8. The Morgan fingerprint density at radius 2 is 0.606 bits per heavy atom. The SMILES string of the molecule is c1ccc(-c2ccc3sc4c(-c5ccc(-c6cccc7oc8c9ccccc9n(-c9ccccc9)c8c67)cc5)cccc4c3c2)cc1.c1ccc(-c2cccc3c2sc2cccc(-c4ccc(-c5cccc6oc7c8ccccc8n(-c8ccccc8)c7c56)cc4)c23)cc1. The Hall–Kier alpha value is -11.8. The van der Waals surface area contributed by atoms with Crippen molar-refractivity contribution in [2.24, 2.45) is 0 Å². The molecule has 20 rings (SSSR count). The molecule has 14 aromatic carbocycles. The topological polar surface area (TPSA) is 36.1 Å². The molecule has 0 amide bonds. The summed E-state index contributed by atoms with van der Waals surface area (Å²) < 4.78 is 23.2. The first-order valence-electron chi connectivity index (χ1n) is 31.9. The zero-order valence-corrected chi connectivity index (χ0v) is 52.3. The van der Waals surface area contributed by atoms with Crippen molar-refractivity contribution in [3.63, 3.8) is 0 Å². The summed E-state index contributed by atoms with van der Waals surface area (Å²) in [6.45, 7) is 0. The van der Waals surface area contributed by atoms with Gasteiger partial charge >= 0.3 is 0 Å². The number of hydrogen-bond donors (Lipinski definition) is 0. The fraction of sp³-hybridized carbons (Fsp3) is 0. The maximum atomic E-state index is 6.63. The molecule has 6 heterocycles. The molecule has 6 aromatic heterocycles. The highest BCUT2D eigenvalue weighted by molar-refractivity contribution is 7.26. The summed E-state index contributed by atoms with van der Waals surface area (Å²) >= 11 is 3.76. The summed E-state index contributed by atoms with van der Waals surface area (Å²) in [4.78, 5) is 0. The molecule has 0 fully saturated rings. The molecule has 0 aliphatic heterocycles. The molecule has 0 aliphatic rings. The molecule has 0 saturated heterocycles. The highest BCUT2D eigenvalue weighted by atomic mass is 32.1. The Bertz CT molecular complexity index is 6310. The molecular weight excluding hydrogens is 1180 g/mol. The number of aromatic nitrogens is 2. The maximum Gasteiger partial charge on any atom is 0.161 e. The molecule has 0 N–H and O–H groups in total. The minimum Gasteiger partial charge on any atom is -0.454 e. The third-order valence-corrected chi connectivity index (χ3v) is 21.3. The number of benzene rings is 14. The number of thiophene rings is 2. The predicted molar refractivity (Wildman–Crippen MR) is 400 cm³/mol. The average Bonchev–Trinajstić information content (AvgIpc) is 1.54. The first kappa shape index (κ1) is 54.0. The molecule has 0 radical (unpaired) electrons. The molecule has 6 heteroatoms. The van der Waals surface area contributed by atoms with E-state index < -0.39 is 0 Å². The summed E-state index contributed by atoms with van der Waals surface area (Å²) in [7, 11) is 0. The van der Waals surface area contributed by atoms with Gasteiger partial charge in [-0.2, -0.15) is 0 Å². The lowest BCUT2D eigenvalue weighted by atomic mass is 9.95. The molecule has 0 saturated carbocycles. The van der Waals surface area contributed by atoms with Crippen LogP contribution in [0.3, 0.4) is 0 Å². The van der Waals surface area contributed by atoms with Crippen LogP contribution in [-0.2, 0) is 0 Å². The molecule has 0 unspecified atom stereocenters. The second-order valence-corrected chi connectivity index (χ2v) is 26.2. The standard InChI is InChI=1S/2C44H27NOS/c1-3-12-28(13-4-1)34-19-9-20-36-40-32(18-11-23-39(40)47-44(34)36)29-24-26-30(27-25-29)33-17-10-22-38-41(33)42-43(46-38)35-16-7-8-21-37(35)45(42)31-14-5-2-6-15-31;1-3-11-28(12-4-1)31-25-26-40-37(27-31)35-18-9-17-34(44(35)47-40)30-23-21-29(22-24-30)33-16-10-20-39-41(33)42-43(46-39)36-15-7-8-19-38(36)45(42)32-13-5-2-6-14-32/h2*1-27H. The van der Waals surface area contributed by atoms with E-state index >= 15 is 0 Å². The fourth-order valence-electron chi connectivity index (χ4n) is 14.6. The van der Waals surface area contributed by atoms with E-state index in [1.165, 1.54) is 107 Å². The summed E-state index contributed by atoms with van der Waals surface area (Å²) in [5.41, 5.74) is 25.1. The fourth-order valence-corrected chi connectivity index (χ4v) is 17.1. The Labute approximate surface area is 548 Å². The van der Waals surface area contributed by atoms with Crippen LogP contribution in [0.2, 0.25) is 0 Å². The third-order valence-electron chi connectivity index (χ3n) is 18.9. The van der Waals surface area contributed by atoms with Crippen LogP contribution >= 0.6 is 22.7 Å². The van der Waals surface area contributed by atoms with Crippen molar-refractivity contribution < 1.29 is 8.83 Å². The zero-order valence-electron chi connectivity index (χ0n) is 50.7. The number of rotatable bonds is 8. The van der Waals surface area contributed by atoms with E-state index in [9.17, 15) is 0 Å². The van der Waals surface area contributed by atoms with Crippen molar-refractivity contribution in [1.82, 2.24) is 9.13 Å². The second-order valence-electron chi connectivity index (χ2n) is 24.1. The largest absolute Gasteiger partial charge is 0.454 e. The number of nitrogens with zero attached hydrogens (tertiary/aromatic N) is 2. The van der Waals surface area contributed by atoms with Crippen LogP contribution in [0.4, 0.5) is 0 Å². The van der Waals surface area contributed by atoms with Crippen molar-refractivity contribution in [3.8, 4) is 78.1 Å². The van der Waals surface area contributed by atoms with Gasteiger partial charge in [0.25, 0.3) is 0 Å². The van der Waals surface area contributed by atoms with Gasteiger partial charge in [0.1, 0.15) is 22.2 Å².